The molecule has 2 N–H and O–H groups in total. The molecule has 98 valence electrons. The number of benzene rings is 1. The van der Waals surface area contributed by atoms with E-state index in [1.807, 2.05) is 24.3 Å². The van der Waals surface area contributed by atoms with Crippen LogP contribution >= 0.6 is 0 Å². The van der Waals surface area contributed by atoms with E-state index in [0.717, 1.165) is 11.1 Å². The topological polar surface area (TPSA) is 69.6 Å². The van der Waals surface area contributed by atoms with E-state index in [4.69, 9.17) is 5.11 Å². The molecule has 0 bridgehead atoms. The molecule has 0 saturated carbocycles. The van der Waals surface area contributed by atoms with Crippen molar-refractivity contribution in [1.82, 2.24) is 10.2 Å². The maximum Gasteiger partial charge on any atom is 0.240 e. The molecule has 1 saturated heterocycles. The van der Waals surface area contributed by atoms with Crippen LogP contribution in [0, 0.1) is 11.8 Å². The summed E-state index contributed by atoms with van der Waals surface area (Å²) in [5.74, 6) is 4.86. The van der Waals surface area contributed by atoms with Gasteiger partial charge >= 0.3 is 0 Å². The Morgan fingerprint density at radius 1 is 1.16 bits per heavy atom. The van der Waals surface area contributed by atoms with Gasteiger partial charge in [-0.05, 0) is 17.7 Å². The molecule has 0 radical (unpaired) electrons. The predicted octanol–water partition coefficient (Wildman–Crippen LogP) is -0.511. The van der Waals surface area contributed by atoms with Crippen LogP contribution in [-0.2, 0) is 16.1 Å². The second-order valence-corrected chi connectivity index (χ2v) is 4.27. The van der Waals surface area contributed by atoms with E-state index in [1.165, 1.54) is 0 Å². The number of aliphatic hydroxyl groups is 1. The summed E-state index contributed by atoms with van der Waals surface area (Å²) in [4.78, 5) is 24.2. The fourth-order valence-electron chi connectivity index (χ4n) is 1.90. The van der Waals surface area contributed by atoms with Gasteiger partial charge in [0.2, 0.25) is 11.8 Å². The van der Waals surface area contributed by atoms with Gasteiger partial charge in [0.1, 0.15) is 6.61 Å². The summed E-state index contributed by atoms with van der Waals surface area (Å²) in [6, 6.07) is 7.50. The number of carbonyl (C=O) groups excluding carboxylic acids is 2. The first-order chi connectivity index (χ1) is 9.17. The summed E-state index contributed by atoms with van der Waals surface area (Å²) >= 11 is 0. The van der Waals surface area contributed by atoms with Gasteiger partial charge in [-0.25, -0.2) is 0 Å². The van der Waals surface area contributed by atoms with Gasteiger partial charge in [-0.15, -0.1) is 0 Å². The Hall–Kier alpha value is -2.16. The molecule has 0 aliphatic carbocycles. The second kappa shape index (κ2) is 6.14. The summed E-state index contributed by atoms with van der Waals surface area (Å²) in [6.07, 6.45) is 0. The average Bonchev–Trinajstić information content (AvgIpc) is 2.37. The monoisotopic (exact) mass is 258 g/mol. The van der Waals surface area contributed by atoms with Crippen molar-refractivity contribution in [2.75, 3.05) is 19.7 Å². The summed E-state index contributed by atoms with van der Waals surface area (Å²) < 4.78 is 0. The lowest BCUT2D eigenvalue weighted by molar-refractivity contribution is -0.136. The van der Waals surface area contributed by atoms with Crippen molar-refractivity contribution in [3.63, 3.8) is 0 Å². The Morgan fingerprint density at radius 2 is 1.79 bits per heavy atom. The molecule has 5 nitrogen and oxygen atoms in total. The zero-order chi connectivity index (χ0) is 13.7. The summed E-state index contributed by atoms with van der Waals surface area (Å²) in [5, 5.41) is 10.9. The zero-order valence-corrected chi connectivity index (χ0v) is 10.3. The van der Waals surface area contributed by atoms with Crippen LogP contribution in [-0.4, -0.2) is 41.5 Å². The minimum Gasteiger partial charge on any atom is -0.384 e. The van der Waals surface area contributed by atoms with E-state index in [0.29, 0.717) is 6.54 Å². The minimum absolute atomic E-state index is 0.160. The molecule has 1 heterocycles. The van der Waals surface area contributed by atoms with Crippen LogP contribution in [0.1, 0.15) is 11.1 Å². The van der Waals surface area contributed by atoms with Gasteiger partial charge in [-0.3, -0.25) is 19.8 Å². The lowest BCUT2D eigenvalue weighted by Gasteiger charge is -2.25. The molecule has 1 aromatic rings. The average molecular weight is 258 g/mol. The van der Waals surface area contributed by atoms with Gasteiger partial charge in [0.05, 0.1) is 13.1 Å². The smallest absolute Gasteiger partial charge is 0.240 e. The molecule has 1 aliphatic rings. The van der Waals surface area contributed by atoms with Crippen LogP contribution in [0.4, 0.5) is 0 Å². The van der Waals surface area contributed by atoms with Crippen molar-refractivity contribution in [3.05, 3.63) is 35.4 Å². The lowest BCUT2D eigenvalue weighted by Crippen LogP contribution is -2.50. The third-order valence-corrected chi connectivity index (χ3v) is 2.69. The molecule has 1 aliphatic heterocycles. The standard InChI is InChI=1S/C14H14N2O3/c17-7-1-2-11-3-5-12(6-4-11)8-16-9-13(18)15-14(19)10-16/h3-6,17H,7-10H2,(H,15,18,19). The number of amides is 2. The van der Waals surface area contributed by atoms with Gasteiger partial charge in [0, 0.05) is 12.1 Å². The van der Waals surface area contributed by atoms with E-state index >= 15 is 0 Å². The number of hydrogen-bond donors (Lipinski definition) is 2. The van der Waals surface area contributed by atoms with Crippen molar-refractivity contribution in [2.24, 2.45) is 0 Å². The highest BCUT2D eigenvalue weighted by Gasteiger charge is 2.21. The molecule has 0 unspecified atom stereocenters. The SMILES string of the molecule is O=C1CN(Cc2ccc(C#CCO)cc2)CC(=O)N1. The minimum atomic E-state index is -0.262. The molecule has 1 fully saturated rings. The molecule has 1 aromatic carbocycles. The van der Waals surface area contributed by atoms with Crippen molar-refractivity contribution in [3.8, 4) is 11.8 Å². The number of piperazine rings is 1. The Balaban J connectivity index is 1.99. The predicted molar refractivity (Wildman–Crippen MR) is 68.8 cm³/mol. The molecule has 5 heteroatoms. The number of rotatable bonds is 2. The van der Waals surface area contributed by atoms with E-state index < -0.39 is 0 Å². The summed E-state index contributed by atoms with van der Waals surface area (Å²) in [6.45, 7) is 0.856. The molecule has 0 spiro atoms. The number of nitrogens with zero attached hydrogens (tertiary/aromatic N) is 1. The molecule has 2 rings (SSSR count). The highest BCUT2D eigenvalue weighted by Crippen LogP contribution is 2.08. The van der Waals surface area contributed by atoms with Crippen LogP contribution in [0.25, 0.3) is 0 Å². The maximum atomic E-state index is 11.2. The number of aliphatic hydroxyl groups excluding tert-OH is 1. The van der Waals surface area contributed by atoms with Gasteiger partial charge < -0.3 is 5.11 Å². The van der Waals surface area contributed by atoms with Gasteiger partial charge in [0.25, 0.3) is 0 Å². The van der Waals surface area contributed by atoms with Crippen LogP contribution in [0.15, 0.2) is 24.3 Å². The number of nitrogens with one attached hydrogen (secondary N) is 1. The first kappa shape index (κ1) is 13.3. The summed E-state index contributed by atoms with van der Waals surface area (Å²) in [5.41, 5.74) is 1.84. The Labute approximate surface area is 111 Å². The second-order valence-electron chi connectivity index (χ2n) is 4.27. The van der Waals surface area contributed by atoms with Crippen LogP contribution in [0.2, 0.25) is 0 Å². The third-order valence-electron chi connectivity index (χ3n) is 2.69. The third kappa shape index (κ3) is 3.91. The maximum absolute atomic E-state index is 11.2. The molecular weight excluding hydrogens is 244 g/mol. The van der Waals surface area contributed by atoms with Crippen molar-refractivity contribution in [2.45, 2.75) is 6.54 Å². The van der Waals surface area contributed by atoms with Crippen molar-refractivity contribution < 1.29 is 14.7 Å². The number of imide groups is 1. The van der Waals surface area contributed by atoms with Crippen LogP contribution in [0.5, 0.6) is 0 Å². The largest absolute Gasteiger partial charge is 0.384 e. The van der Waals surface area contributed by atoms with Crippen molar-refractivity contribution >= 4 is 11.8 Å². The molecule has 19 heavy (non-hydrogen) atoms. The zero-order valence-electron chi connectivity index (χ0n) is 10.3. The highest BCUT2D eigenvalue weighted by molar-refractivity contribution is 5.99. The van der Waals surface area contributed by atoms with Crippen molar-refractivity contribution in [1.29, 1.82) is 0 Å². The number of hydrogen-bond acceptors (Lipinski definition) is 4. The van der Waals surface area contributed by atoms with Crippen LogP contribution < -0.4 is 5.32 Å². The quantitative estimate of drug-likeness (QED) is 0.553. The molecular formula is C14H14N2O3. The number of carbonyl (C=O) groups is 2. The summed E-state index contributed by atoms with van der Waals surface area (Å²) in [7, 11) is 0. The van der Waals surface area contributed by atoms with E-state index in [2.05, 4.69) is 17.2 Å². The fourth-order valence-corrected chi connectivity index (χ4v) is 1.90. The Morgan fingerprint density at radius 3 is 2.37 bits per heavy atom. The first-order valence-electron chi connectivity index (χ1n) is 5.91. The Bertz CT molecular complexity index is 524. The fraction of sp³-hybridized carbons (Fsp3) is 0.286. The molecule has 2 amide bonds. The van der Waals surface area contributed by atoms with Gasteiger partial charge in [-0.2, -0.15) is 0 Å². The van der Waals surface area contributed by atoms with E-state index in [9.17, 15) is 9.59 Å². The first-order valence-corrected chi connectivity index (χ1v) is 5.91. The van der Waals surface area contributed by atoms with Gasteiger partial charge in [0.15, 0.2) is 0 Å². The van der Waals surface area contributed by atoms with Gasteiger partial charge in [-0.1, -0.05) is 24.0 Å². The van der Waals surface area contributed by atoms with Crippen LogP contribution in [0.3, 0.4) is 0 Å². The Kier molecular flexibility index (Phi) is 4.29. The van der Waals surface area contributed by atoms with E-state index in [1.54, 1.807) is 4.90 Å². The van der Waals surface area contributed by atoms with E-state index in [-0.39, 0.29) is 31.5 Å². The highest BCUT2D eigenvalue weighted by atomic mass is 16.2. The lowest BCUT2D eigenvalue weighted by atomic mass is 10.1. The normalized spacial score (nSPS) is 15.6. The molecule has 0 aromatic heterocycles. The molecule has 0 atom stereocenters.